The third-order valence-electron chi connectivity index (χ3n) is 4.92. The summed E-state index contributed by atoms with van der Waals surface area (Å²) in [5.41, 5.74) is 0.400. The molecule has 4 nitrogen and oxygen atoms in total. The number of piperidine rings is 1. The smallest absolute Gasteiger partial charge is 0.321 e. The number of nitrogens with one attached hydrogen (secondary N) is 1. The van der Waals surface area contributed by atoms with Gasteiger partial charge in [0.2, 0.25) is 5.95 Å². The van der Waals surface area contributed by atoms with Crippen molar-refractivity contribution in [1.29, 1.82) is 0 Å². The van der Waals surface area contributed by atoms with Gasteiger partial charge in [0.15, 0.2) is 0 Å². The normalized spacial score (nSPS) is 15.6. The molecule has 1 aliphatic rings. The molecule has 0 radical (unpaired) electrons. The molecule has 0 bridgehead atoms. The number of thioether (sulfide) groups is 1. The maximum atomic E-state index is 13.4. The Hall–Kier alpha value is -2.15. The number of halogens is 2. The lowest BCUT2D eigenvalue weighted by Gasteiger charge is -2.40. The first-order valence-electron chi connectivity index (χ1n) is 8.95. The second-order valence-corrected chi connectivity index (χ2v) is 8.95. The van der Waals surface area contributed by atoms with Gasteiger partial charge in [0.1, 0.15) is 5.82 Å². The van der Waals surface area contributed by atoms with E-state index in [4.69, 9.17) is 0 Å². The minimum Gasteiger partial charge on any atom is -0.325 e. The van der Waals surface area contributed by atoms with Crippen molar-refractivity contribution in [2.75, 3.05) is 18.4 Å². The molecule has 144 valence electrons. The lowest BCUT2D eigenvalue weighted by Crippen LogP contribution is -2.44. The molecule has 0 aliphatic carbocycles. The Bertz CT molecular complexity index is 807. The minimum absolute atomic E-state index is 0.0649. The number of carbonyl (C=O) groups is 1. The number of aromatic nitrogens is 1. The van der Waals surface area contributed by atoms with Crippen LogP contribution in [0.3, 0.4) is 0 Å². The van der Waals surface area contributed by atoms with Gasteiger partial charge < -0.3 is 10.2 Å². The summed E-state index contributed by atoms with van der Waals surface area (Å²) in [7, 11) is 0. The average molecular weight is 391 g/mol. The molecular formula is C20H23F2N3OS. The highest BCUT2D eigenvalue weighted by Crippen LogP contribution is 2.42. The summed E-state index contributed by atoms with van der Waals surface area (Å²) >= 11 is 1.67. The molecule has 0 atom stereocenters. The van der Waals surface area contributed by atoms with Crippen molar-refractivity contribution >= 4 is 23.5 Å². The van der Waals surface area contributed by atoms with Gasteiger partial charge in [0.25, 0.3) is 0 Å². The Balaban J connectivity index is 1.55. The lowest BCUT2D eigenvalue weighted by atomic mass is 9.86. The zero-order chi connectivity index (χ0) is 19.4. The Morgan fingerprint density at radius 3 is 2.63 bits per heavy atom. The van der Waals surface area contributed by atoms with E-state index in [0.29, 0.717) is 24.7 Å². The van der Waals surface area contributed by atoms with Crippen molar-refractivity contribution in [2.45, 2.75) is 36.3 Å². The second-order valence-electron chi connectivity index (χ2n) is 7.22. The quantitative estimate of drug-likeness (QED) is 0.577. The highest BCUT2D eigenvalue weighted by Gasteiger charge is 2.34. The number of carbonyl (C=O) groups excluding carboxylic acids is 1. The molecule has 1 aromatic heterocycles. The second kappa shape index (κ2) is 8.25. The summed E-state index contributed by atoms with van der Waals surface area (Å²) < 4.78 is 26.5. The number of amides is 2. The zero-order valence-corrected chi connectivity index (χ0v) is 16.2. The van der Waals surface area contributed by atoms with E-state index in [1.54, 1.807) is 34.9 Å². The van der Waals surface area contributed by atoms with Crippen LogP contribution in [0.15, 0.2) is 47.5 Å². The molecule has 7 heteroatoms. The minimum atomic E-state index is -0.623. The predicted octanol–water partition coefficient (Wildman–Crippen LogP) is 5.17. The standard InChI is InChI=1S/C20H23F2N3OS/c1-20(2,27-17-5-3-4-15(21)12-17)14-7-10-25(11-8-14)19(26)24-16-6-9-23-18(22)13-16/h3-6,9,12-14H,7-8,10-11H2,1-2H3,(H,23,24,26). The van der Waals surface area contributed by atoms with Crippen LogP contribution in [0.2, 0.25) is 0 Å². The number of hydrogen-bond acceptors (Lipinski definition) is 3. The number of anilines is 1. The molecule has 3 rings (SSSR count). The molecule has 0 saturated carbocycles. The Kier molecular flexibility index (Phi) is 5.99. The Labute approximate surface area is 162 Å². The van der Waals surface area contributed by atoms with Gasteiger partial charge in [-0.3, -0.25) is 0 Å². The lowest BCUT2D eigenvalue weighted by molar-refractivity contribution is 0.173. The first kappa shape index (κ1) is 19.6. The van der Waals surface area contributed by atoms with E-state index < -0.39 is 5.95 Å². The highest BCUT2D eigenvalue weighted by molar-refractivity contribution is 8.00. The van der Waals surface area contributed by atoms with Gasteiger partial charge in [0, 0.05) is 40.7 Å². The number of pyridine rings is 1. The van der Waals surface area contributed by atoms with Gasteiger partial charge in [-0.25, -0.2) is 14.2 Å². The van der Waals surface area contributed by atoms with Crippen molar-refractivity contribution in [2.24, 2.45) is 5.92 Å². The van der Waals surface area contributed by atoms with E-state index in [0.717, 1.165) is 17.7 Å². The maximum absolute atomic E-state index is 13.4. The number of rotatable bonds is 4. The summed E-state index contributed by atoms with van der Waals surface area (Å²) in [4.78, 5) is 18.5. The first-order chi connectivity index (χ1) is 12.8. The molecule has 1 saturated heterocycles. The Morgan fingerprint density at radius 2 is 1.96 bits per heavy atom. The van der Waals surface area contributed by atoms with Crippen molar-refractivity contribution in [3.63, 3.8) is 0 Å². The number of benzene rings is 1. The van der Waals surface area contributed by atoms with Crippen LogP contribution >= 0.6 is 11.8 Å². The zero-order valence-electron chi connectivity index (χ0n) is 15.4. The molecular weight excluding hydrogens is 368 g/mol. The molecule has 1 N–H and O–H groups in total. The number of nitrogens with zero attached hydrogens (tertiary/aromatic N) is 2. The van der Waals surface area contributed by atoms with E-state index in [2.05, 4.69) is 24.1 Å². The highest BCUT2D eigenvalue weighted by atomic mass is 32.2. The SMILES string of the molecule is CC(C)(Sc1cccc(F)c1)C1CCN(C(=O)Nc2ccnc(F)c2)CC1. The van der Waals surface area contributed by atoms with Gasteiger partial charge in [-0.15, -0.1) is 11.8 Å². The van der Waals surface area contributed by atoms with E-state index in [9.17, 15) is 13.6 Å². The largest absolute Gasteiger partial charge is 0.325 e. The van der Waals surface area contributed by atoms with Gasteiger partial charge >= 0.3 is 6.03 Å². The van der Waals surface area contributed by atoms with Crippen LogP contribution in [0.4, 0.5) is 19.3 Å². The summed E-state index contributed by atoms with van der Waals surface area (Å²) in [6.07, 6.45) is 3.06. The maximum Gasteiger partial charge on any atom is 0.321 e. The summed E-state index contributed by atoms with van der Waals surface area (Å²) in [5, 5.41) is 2.71. The molecule has 1 aliphatic heterocycles. The molecule has 2 heterocycles. The monoisotopic (exact) mass is 391 g/mol. The van der Waals surface area contributed by atoms with Gasteiger partial charge in [-0.05, 0) is 43.0 Å². The molecule has 2 aromatic rings. The fourth-order valence-electron chi connectivity index (χ4n) is 3.38. The van der Waals surface area contributed by atoms with Crippen molar-refractivity contribution in [3.8, 4) is 0 Å². The molecule has 1 fully saturated rings. The molecule has 0 unspecified atom stereocenters. The fourth-order valence-corrected chi connectivity index (χ4v) is 4.71. The van der Waals surface area contributed by atoms with Crippen molar-refractivity contribution in [3.05, 3.63) is 54.4 Å². The van der Waals surface area contributed by atoms with Crippen LogP contribution in [0.25, 0.3) is 0 Å². The van der Waals surface area contributed by atoms with Crippen LogP contribution in [0, 0.1) is 17.7 Å². The average Bonchev–Trinajstić information content (AvgIpc) is 2.61. The van der Waals surface area contributed by atoms with E-state index in [-0.39, 0.29) is 16.6 Å². The van der Waals surface area contributed by atoms with Crippen molar-refractivity contribution < 1.29 is 13.6 Å². The number of likely N-dealkylation sites (tertiary alicyclic amines) is 1. The molecule has 1 aromatic carbocycles. The summed E-state index contributed by atoms with van der Waals surface area (Å²) in [5.74, 6) is -0.439. The summed E-state index contributed by atoms with van der Waals surface area (Å²) in [6, 6.07) is 9.19. The van der Waals surface area contributed by atoms with E-state index in [1.165, 1.54) is 18.3 Å². The third-order valence-corrected chi connectivity index (χ3v) is 6.27. The van der Waals surface area contributed by atoms with Crippen LogP contribution in [-0.2, 0) is 0 Å². The van der Waals surface area contributed by atoms with Crippen LogP contribution in [-0.4, -0.2) is 33.8 Å². The summed E-state index contributed by atoms with van der Waals surface area (Å²) in [6.45, 7) is 5.61. The number of urea groups is 1. The van der Waals surface area contributed by atoms with Gasteiger partial charge in [-0.1, -0.05) is 19.9 Å². The molecule has 2 amide bonds. The topological polar surface area (TPSA) is 45.2 Å². The van der Waals surface area contributed by atoms with Crippen LogP contribution in [0.1, 0.15) is 26.7 Å². The third kappa shape index (κ3) is 5.19. The number of hydrogen-bond donors (Lipinski definition) is 1. The Morgan fingerprint density at radius 1 is 1.22 bits per heavy atom. The first-order valence-corrected chi connectivity index (χ1v) is 9.77. The fraction of sp³-hybridized carbons (Fsp3) is 0.400. The molecule has 0 spiro atoms. The molecule has 27 heavy (non-hydrogen) atoms. The van der Waals surface area contributed by atoms with Crippen LogP contribution in [0.5, 0.6) is 0 Å². The van der Waals surface area contributed by atoms with Crippen molar-refractivity contribution in [1.82, 2.24) is 9.88 Å². The van der Waals surface area contributed by atoms with Gasteiger partial charge in [-0.2, -0.15) is 4.39 Å². The van der Waals surface area contributed by atoms with E-state index in [1.807, 2.05) is 6.07 Å². The van der Waals surface area contributed by atoms with Crippen LogP contribution < -0.4 is 5.32 Å². The van der Waals surface area contributed by atoms with Gasteiger partial charge in [0.05, 0.1) is 0 Å². The predicted molar refractivity (Wildman–Crippen MR) is 104 cm³/mol. The van der Waals surface area contributed by atoms with E-state index >= 15 is 0 Å².